The number of nitrogens with one attached hydrogen (secondary N) is 1. The first-order chi connectivity index (χ1) is 12.6. The molecule has 0 bridgehead atoms. The van der Waals surface area contributed by atoms with Gasteiger partial charge >= 0.3 is 0 Å². The minimum Gasteiger partial charge on any atom is -0.545 e. The minimum absolute atomic E-state index is 0.0573. The Morgan fingerprint density at radius 2 is 1.65 bits per heavy atom. The second kappa shape index (κ2) is 8.87. The zero-order valence-corrected chi connectivity index (χ0v) is 15.3. The molecule has 1 fully saturated rings. The molecule has 1 aliphatic heterocycles. The van der Waals surface area contributed by atoms with Gasteiger partial charge in [-0.05, 0) is 6.07 Å². The lowest BCUT2D eigenvalue weighted by atomic mass is 10.2. The second-order valence-electron chi connectivity index (χ2n) is 6.37. The van der Waals surface area contributed by atoms with Crippen LogP contribution >= 0.6 is 11.8 Å². The van der Waals surface area contributed by atoms with Crippen molar-refractivity contribution in [1.82, 2.24) is 4.90 Å². The van der Waals surface area contributed by atoms with Crippen LogP contribution in [0, 0.1) is 0 Å². The highest BCUT2D eigenvalue weighted by atomic mass is 32.2. The number of carbonyl (C=O) groups excluding carboxylic acids is 2. The van der Waals surface area contributed by atoms with Crippen LogP contribution in [0.15, 0.2) is 59.5 Å². The fourth-order valence-electron chi connectivity index (χ4n) is 3.13. The van der Waals surface area contributed by atoms with Crippen LogP contribution in [0.2, 0.25) is 0 Å². The number of aromatic carboxylic acids is 1. The highest BCUT2D eigenvalue weighted by Crippen LogP contribution is 2.22. The first-order valence-corrected chi connectivity index (χ1v) is 9.70. The number of carboxylic acid groups (broad SMARTS) is 1. The van der Waals surface area contributed by atoms with Crippen molar-refractivity contribution in [2.45, 2.75) is 11.4 Å². The number of hydrogen-bond donors (Lipinski definition) is 1. The Labute approximate surface area is 157 Å². The van der Waals surface area contributed by atoms with E-state index < -0.39 is 5.97 Å². The summed E-state index contributed by atoms with van der Waals surface area (Å²) in [4.78, 5) is 27.5. The van der Waals surface area contributed by atoms with Gasteiger partial charge in [-0.3, -0.25) is 4.79 Å². The highest BCUT2D eigenvalue weighted by molar-refractivity contribution is 8.00. The van der Waals surface area contributed by atoms with E-state index in [-0.39, 0.29) is 17.2 Å². The largest absolute Gasteiger partial charge is 0.545 e. The van der Waals surface area contributed by atoms with E-state index in [1.165, 1.54) is 28.3 Å². The monoisotopic (exact) mass is 370 g/mol. The lowest BCUT2D eigenvalue weighted by Crippen LogP contribution is -3.13. The van der Waals surface area contributed by atoms with Crippen molar-refractivity contribution in [2.24, 2.45) is 0 Å². The summed E-state index contributed by atoms with van der Waals surface area (Å²) < 4.78 is 0. The Morgan fingerprint density at radius 3 is 2.35 bits per heavy atom. The second-order valence-corrected chi connectivity index (χ2v) is 7.38. The van der Waals surface area contributed by atoms with Gasteiger partial charge in [-0.25, -0.2) is 0 Å². The summed E-state index contributed by atoms with van der Waals surface area (Å²) in [6.07, 6.45) is 0. The molecule has 2 aromatic rings. The van der Waals surface area contributed by atoms with Crippen LogP contribution in [0.5, 0.6) is 0 Å². The third-order valence-electron chi connectivity index (χ3n) is 4.58. The molecule has 136 valence electrons. The first-order valence-electron chi connectivity index (χ1n) is 8.72. The Hall–Kier alpha value is -2.31. The summed E-state index contributed by atoms with van der Waals surface area (Å²) in [5.41, 5.74) is 1.46. The molecule has 1 aliphatic rings. The van der Waals surface area contributed by atoms with Gasteiger partial charge in [0.2, 0.25) is 5.91 Å². The predicted molar refractivity (Wildman–Crippen MR) is 98.9 cm³/mol. The first kappa shape index (κ1) is 18.5. The Balaban J connectivity index is 1.48. The molecule has 3 rings (SSSR count). The topological polar surface area (TPSA) is 64.9 Å². The van der Waals surface area contributed by atoms with Crippen molar-refractivity contribution in [2.75, 3.05) is 31.9 Å². The van der Waals surface area contributed by atoms with Crippen molar-refractivity contribution in [3.05, 3.63) is 65.7 Å². The quantitative estimate of drug-likeness (QED) is 0.731. The van der Waals surface area contributed by atoms with Gasteiger partial charge < -0.3 is 19.7 Å². The van der Waals surface area contributed by atoms with Gasteiger partial charge in [-0.1, -0.05) is 48.5 Å². The van der Waals surface area contributed by atoms with Gasteiger partial charge in [0, 0.05) is 16.0 Å². The van der Waals surface area contributed by atoms with Crippen LogP contribution < -0.4 is 10.0 Å². The minimum atomic E-state index is -1.21. The zero-order chi connectivity index (χ0) is 18.4. The number of thioether (sulfide) groups is 1. The van der Waals surface area contributed by atoms with Crippen LogP contribution in [0.25, 0.3) is 0 Å². The van der Waals surface area contributed by atoms with Crippen molar-refractivity contribution in [1.29, 1.82) is 0 Å². The van der Waals surface area contributed by atoms with E-state index in [2.05, 4.69) is 24.3 Å². The van der Waals surface area contributed by atoms with Gasteiger partial charge in [0.1, 0.15) is 6.54 Å². The summed E-state index contributed by atoms with van der Waals surface area (Å²) in [5, 5.41) is 11.1. The maximum absolute atomic E-state index is 12.5. The molecule has 2 aromatic carbocycles. The summed E-state index contributed by atoms with van der Waals surface area (Å²) in [6.45, 7) is 4.33. The number of carboxylic acids is 1. The molecule has 5 nitrogen and oxygen atoms in total. The fraction of sp³-hybridized carbons (Fsp3) is 0.300. The Kier molecular flexibility index (Phi) is 6.30. The summed E-state index contributed by atoms with van der Waals surface area (Å²) in [6, 6.07) is 17.0. The maximum atomic E-state index is 12.5. The van der Waals surface area contributed by atoms with Crippen molar-refractivity contribution >= 4 is 23.6 Å². The molecular weight excluding hydrogens is 348 g/mol. The highest BCUT2D eigenvalue weighted by Gasteiger charge is 2.23. The molecule has 0 unspecified atom stereocenters. The standard InChI is InChI=1S/C20H22N2O3S/c23-19(15-26-18-9-5-4-8-17(18)20(24)25)22-12-10-21(11-13-22)14-16-6-2-1-3-7-16/h1-9H,10-15H2,(H,24,25). The average molecular weight is 370 g/mol. The van der Waals surface area contributed by atoms with Crippen LogP contribution in [-0.4, -0.2) is 48.7 Å². The predicted octanol–water partition coefficient (Wildman–Crippen LogP) is 0.0695. The van der Waals surface area contributed by atoms with Gasteiger partial charge in [-0.15, -0.1) is 11.8 Å². The molecule has 1 amide bonds. The smallest absolute Gasteiger partial charge is 0.233 e. The molecule has 0 radical (unpaired) electrons. The van der Waals surface area contributed by atoms with Gasteiger partial charge in [-0.2, -0.15) is 0 Å². The van der Waals surface area contributed by atoms with Gasteiger partial charge in [0.15, 0.2) is 0 Å². The number of piperazine rings is 1. The molecule has 0 spiro atoms. The van der Waals surface area contributed by atoms with Crippen LogP contribution in [-0.2, 0) is 11.3 Å². The molecule has 26 heavy (non-hydrogen) atoms. The molecule has 1 heterocycles. The van der Waals surface area contributed by atoms with E-state index in [0.717, 1.165) is 32.7 Å². The third kappa shape index (κ3) is 4.86. The number of amides is 1. The molecule has 0 aliphatic carbocycles. The molecule has 1 N–H and O–H groups in total. The number of quaternary nitrogens is 1. The maximum Gasteiger partial charge on any atom is 0.233 e. The normalized spacial score (nSPS) is 15.0. The summed E-state index contributed by atoms with van der Waals surface area (Å²) >= 11 is 1.26. The summed E-state index contributed by atoms with van der Waals surface area (Å²) in [5.74, 6) is -0.904. The molecule has 1 saturated heterocycles. The van der Waals surface area contributed by atoms with E-state index in [1.807, 2.05) is 11.0 Å². The lowest BCUT2D eigenvalue weighted by molar-refractivity contribution is -0.917. The molecule has 0 saturated carbocycles. The zero-order valence-electron chi connectivity index (χ0n) is 14.5. The number of hydrogen-bond acceptors (Lipinski definition) is 4. The molecule has 6 heteroatoms. The Bertz CT molecular complexity index is 759. The average Bonchev–Trinajstić information content (AvgIpc) is 2.67. The fourth-order valence-corrected chi connectivity index (χ4v) is 4.07. The summed E-state index contributed by atoms with van der Waals surface area (Å²) in [7, 11) is 0. The number of benzene rings is 2. The van der Waals surface area contributed by atoms with Crippen molar-refractivity contribution < 1.29 is 19.6 Å². The van der Waals surface area contributed by atoms with Crippen molar-refractivity contribution in [3.8, 4) is 0 Å². The van der Waals surface area contributed by atoms with E-state index >= 15 is 0 Å². The van der Waals surface area contributed by atoms with E-state index in [1.54, 1.807) is 18.2 Å². The molecular formula is C20H22N2O3S. The number of nitrogens with zero attached hydrogens (tertiary/aromatic N) is 1. The van der Waals surface area contributed by atoms with Crippen LogP contribution in [0.3, 0.4) is 0 Å². The van der Waals surface area contributed by atoms with Crippen molar-refractivity contribution in [3.63, 3.8) is 0 Å². The Morgan fingerprint density at radius 1 is 1.00 bits per heavy atom. The number of rotatable bonds is 6. The lowest BCUT2D eigenvalue weighted by Gasteiger charge is -2.32. The van der Waals surface area contributed by atoms with Crippen LogP contribution in [0.1, 0.15) is 15.9 Å². The SMILES string of the molecule is O=C([O-])c1ccccc1SCC(=O)N1CC[NH+](Cc2ccccc2)CC1. The number of carbonyl (C=O) groups is 2. The third-order valence-corrected chi connectivity index (χ3v) is 5.64. The van der Waals surface area contributed by atoms with Gasteiger partial charge in [0.05, 0.1) is 37.9 Å². The van der Waals surface area contributed by atoms with Crippen LogP contribution in [0.4, 0.5) is 0 Å². The van der Waals surface area contributed by atoms with E-state index in [4.69, 9.17) is 0 Å². The van der Waals surface area contributed by atoms with Gasteiger partial charge in [0.25, 0.3) is 0 Å². The van der Waals surface area contributed by atoms with E-state index in [9.17, 15) is 14.7 Å². The molecule has 0 aromatic heterocycles. The van der Waals surface area contributed by atoms with E-state index in [0.29, 0.717) is 4.90 Å². The molecule has 0 atom stereocenters.